The van der Waals surface area contributed by atoms with Gasteiger partial charge in [-0.3, -0.25) is 4.68 Å². The zero-order valence-corrected chi connectivity index (χ0v) is 11.1. The molecule has 1 heterocycles. The highest BCUT2D eigenvalue weighted by molar-refractivity contribution is 4.87. The average Bonchev–Trinajstić information content (AvgIpc) is 2.61. The van der Waals surface area contributed by atoms with Gasteiger partial charge in [0.25, 0.3) is 0 Å². The van der Waals surface area contributed by atoms with Crippen molar-refractivity contribution in [1.82, 2.24) is 20.1 Å². The van der Waals surface area contributed by atoms with Gasteiger partial charge in [0.15, 0.2) is 0 Å². The van der Waals surface area contributed by atoms with Crippen molar-refractivity contribution in [2.75, 3.05) is 6.54 Å². The molecule has 0 spiro atoms. The lowest BCUT2D eigenvalue weighted by atomic mass is 10.0. The fraction of sp³-hybridized carbons (Fsp3) is 0.833. The van der Waals surface area contributed by atoms with E-state index < -0.39 is 0 Å². The van der Waals surface area contributed by atoms with E-state index in [-0.39, 0.29) is 5.54 Å². The van der Waals surface area contributed by atoms with Crippen LogP contribution in [0, 0.1) is 5.92 Å². The normalized spacial score (nSPS) is 14.1. The molecule has 1 aromatic rings. The lowest BCUT2D eigenvalue weighted by molar-refractivity contribution is 0.376. The molecule has 0 fully saturated rings. The molecule has 0 aliphatic rings. The summed E-state index contributed by atoms with van der Waals surface area (Å²) in [6.07, 6.45) is 2.62. The highest BCUT2D eigenvalue weighted by Gasteiger charge is 2.13. The Bertz CT molecular complexity index is 311. The van der Waals surface area contributed by atoms with Crippen LogP contribution in [-0.2, 0) is 13.0 Å². The molecule has 0 aliphatic carbocycles. The molecule has 4 nitrogen and oxygen atoms in total. The molecular weight excluding hydrogens is 200 g/mol. The van der Waals surface area contributed by atoms with Crippen molar-refractivity contribution in [1.29, 1.82) is 0 Å². The minimum Gasteiger partial charge on any atom is -0.312 e. The molecule has 92 valence electrons. The summed E-state index contributed by atoms with van der Waals surface area (Å²) in [5.74, 6) is 1.67. The fourth-order valence-electron chi connectivity index (χ4n) is 1.57. The number of hydrogen-bond acceptors (Lipinski definition) is 3. The van der Waals surface area contributed by atoms with Crippen LogP contribution < -0.4 is 5.32 Å². The van der Waals surface area contributed by atoms with E-state index in [1.807, 2.05) is 4.68 Å². The lowest BCUT2D eigenvalue weighted by Crippen LogP contribution is -2.39. The molecule has 0 bridgehead atoms. The topological polar surface area (TPSA) is 42.7 Å². The van der Waals surface area contributed by atoms with Crippen molar-refractivity contribution in [3.63, 3.8) is 0 Å². The number of aryl methyl sites for hydroxylation is 1. The zero-order valence-electron chi connectivity index (χ0n) is 11.1. The highest BCUT2D eigenvalue weighted by Crippen LogP contribution is 2.07. The molecule has 4 heteroatoms. The zero-order chi connectivity index (χ0) is 12.2. The van der Waals surface area contributed by atoms with E-state index in [1.165, 1.54) is 0 Å². The molecular formula is C12H24N4. The minimum absolute atomic E-state index is 0.187. The van der Waals surface area contributed by atoms with Crippen molar-refractivity contribution < 1.29 is 0 Å². The number of nitrogens with zero attached hydrogens (tertiary/aromatic N) is 3. The van der Waals surface area contributed by atoms with E-state index in [0.29, 0.717) is 5.92 Å². The molecule has 0 radical (unpaired) electrons. The SMILES string of the molecule is CCn1ncnc1CC(C)CNC(C)(C)C. The van der Waals surface area contributed by atoms with Gasteiger partial charge in [-0.1, -0.05) is 6.92 Å². The first-order chi connectivity index (χ1) is 7.42. The van der Waals surface area contributed by atoms with Crippen LogP contribution in [0.4, 0.5) is 0 Å². The van der Waals surface area contributed by atoms with Crippen LogP contribution in [0.2, 0.25) is 0 Å². The van der Waals surface area contributed by atoms with Gasteiger partial charge in [0.1, 0.15) is 12.2 Å². The standard InChI is InChI=1S/C12H24N4/c1-6-16-11(13-9-15-16)7-10(2)8-14-12(3,4)5/h9-10,14H,6-8H2,1-5H3. The number of nitrogens with one attached hydrogen (secondary N) is 1. The molecule has 0 aromatic carbocycles. The monoisotopic (exact) mass is 224 g/mol. The van der Waals surface area contributed by atoms with E-state index in [2.05, 4.69) is 50.0 Å². The molecule has 0 saturated carbocycles. The van der Waals surface area contributed by atoms with Gasteiger partial charge in [-0.2, -0.15) is 5.10 Å². The van der Waals surface area contributed by atoms with E-state index in [0.717, 1.165) is 25.3 Å². The largest absolute Gasteiger partial charge is 0.312 e. The van der Waals surface area contributed by atoms with E-state index >= 15 is 0 Å². The maximum Gasteiger partial charge on any atom is 0.138 e. The molecule has 1 aromatic heterocycles. The van der Waals surface area contributed by atoms with Crippen LogP contribution in [-0.4, -0.2) is 26.8 Å². The lowest BCUT2D eigenvalue weighted by Gasteiger charge is -2.23. The number of rotatable bonds is 5. The van der Waals surface area contributed by atoms with Crippen molar-refractivity contribution in [3.05, 3.63) is 12.2 Å². The smallest absolute Gasteiger partial charge is 0.138 e. The van der Waals surface area contributed by atoms with Crippen LogP contribution in [0.25, 0.3) is 0 Å². The third kappa shape index (κ3) is 4.31. The van der Waals surface area contributed by atoms with E-state index in [4.69, 9.17) is 0 Å². The number of aromatic nitrogens is 3. The van der Waals surface area contributed by atoms with Crippen LogP contribution in [0.5, 0.6) is 0 Å². The summed E-state index contributed by atoms with van der Waals surface area (Å²) in [6.45, 7) is 12.8. The second-order valence-corrected chi connectivity index (χ2v) is 5.43. The van der Waals surface area contributed by atoms with Crippen LogP contribution in [0.1, 0.15) is 40.4 Å². The maximum absolute atomic E-state index is 4.30. The molecule has 0 saturated heterocycles. The van der Waals surface area contributed by atoms with Gasteiger partial charge in [0, 0.05) is 18.5 Å². The first-order valence-corrected chi connectivity index (χ1v) is 6.04. The second kappa shape index (κ2) is 5.43. The van der Waals surface area contributed by atoms with Gasteiger partial charge in [-0.25, -0.2) is 4.98 Å². The predicted octanol–water partition coefficient (Wildman–Crippen LogP) is 1.86. The minimum atomic E-state index is 0.187. The summed E-state index contributed by atoms with van der Waals surface area (Å²) in [5, 5.41) is 7.70. The second-order valence-electron chi connectivity index (χ2n) is 5.43. The molecule has 16 heavy (non-hydrogen) atoms. The van der Waals surface area contributed by atoms with Gasteiger partial charge in [-0.05, 0) is 40.2 Å². The summed E-state index contributed by atoms with van der Waals surface area (Å²) in [7, 11) is 0. The Labute approximate surface area is 98.5 Å². The molecule has 1 rings (SSSR count). The van der Waals surface area contributed by atoms with Crippen LogP contribution >= 0.6 is 0 Å². The van der Waals surface area contributed by atoms with Gasteiger partial charge < -0.3 is 5.32 Å². The average molecular weight is 224 g/mol. The summed E-state index contributed by atoms with van der Waals surface area (Å²) in [6, 6.07) is 0. The van der Waals surface area contributed by atoms with Crippen LogP contribution in [0.3, 0.4) is 0 Å². The van der Waals surface area contributed by atoms with E-state index in [9.17, 15) is 0 Å². The Balaban J connectivity index is 2.42. The molecule has 0 amide bonds. The van der Waals surface area contributed by atoms with Crippen molar-refractivity contribution >= 4 is 0 Å². The van der Waals surface area contributed by atoms with Gasteiger partial charge in [0.05, 0.1) is 0 Å². The predicted molar refractivity (Wildman–Crippen MR) is 66.3 cm³/mol. The quantitative estimate of drug-likeness (QED) is 0.830. The maximum atomic E-state index is 4.30. The molecule has 0 aliphatic heterocycles. The Morgan fingerprint density at radius 2 is 2.12 bits per heavy atom. The van der Waals surface area contributed by atoms with Crippen molar-refractivity contribution in [2.24, 2.45) is 5.92 Å². The summed E-state index contributed by atoms with van der Waals surface area (Å²) >= 11 is 0. The van der Waals surface area contributed by atoms with E-state index in [1.54, 1.807) is 6.33 Å². The molecule has 1 atom stereocenters. The summed E-state index contributed by atoms with van der Waals surface area (Å²) in [5.41, 5.74) is 0.187. The number of hydrogen-bond donors (Lipinski definition) is 1. The van der Waals surface area contributed by atoms with Crippen molar-refractivity contribution in [2.45, 2.75) is 53.1 Å². The third-order valence-electron chi connectivity index (χ3n) is 2.51. The first-order valence-electron chi connectivity index (χ1n) is 6.04. The fourth-order valence-corrected chi connectivity index (χ4v) is 1.57. The Kier molecular flexibility index (Phi) is 4.47. The van der Waals surface area contributed by atoms with Gasteiger partial charge >= 0.3 is 0 Å². The Morgan fingerprint density at radius 1 is 1.44 bits per heavy atom. The van der Waals surface area contributed by atoms with Crippen molar-refractivity contribution in [3.8, 4) is 0 Å². The Hall–Kier alpha value is -0.900. The molecule has 1 N–H and O–H groups in total. The van der Waals surface area contributed by atoms with Gasteiger partial charge in [0.2, 0.25) is 0 Å². The third-order valence-corrected chi connectivity index (χ3v) is 2.51. The summed E-state index contributed by atoms with van der Waals surface area (Å²) in [4.78, 5) is 4.30. The summed E-state index contributed by atoms with van der Waals surface area (Å²) < 4.78 is 1.97. The first kappa shape index (κ1) is 13.2. The highest BCUT2D eigenvalue weighted by atomic mass is 15.3. The van der Waals surface area contributed by atoms with Crippen LogP contribution in [0.15, 0.2) is 6.33 Å². The molecule has 1 unspecified atom stereocenters. The Morgan fingerprint density at radius 3 is 2.69 bits per heavy atom. The van der Waals surface area contributed by atoms with Gasteiger partial charge in [-0.15, -0.1) is 0 Å².